The van der Waals surface area contributed by atoms with Crippen LogP contribution in [0.15, 0.2) is 24.5 Å². The predicted molar refractivity (Wildman–Crippen MR) is 84.4 cm³/mol. The van der Waals surface area contributed by atoms with Gasteiger partial charge in [0.05, 0.1) is 19.8 Å². The van der Waals surface area contributed by atoms with Gasteiger partial charge in [0.15, 0.2) is 0 Å². The number of ether oxygens (including phenoxy) is 2. The van der Waals surface area contributed by atoms with E-state index in [-0.39, 0.29) is 5.41 Å². The highest BCUT2D eigenvalue weighted by molar-refractivity contribution is 5.10. The molecule has 0 unspecified atom stereocenters. The van der Waals surface area contributed by atoms with Gasteiger partial charge in [-0.2, -0.15) is 0 Å². The number of hydrogen-bond acceptors (Lipinski definition) is 4. The van der Waals surface area contributed by atoms with Crippen LogP contribution in [0.5, 0.6) is 0 Å². The van der Waals surface area contributed by atoms with Crippen LogP contribution in [0.3, 0.4) is 0 Å². The summed E-state index contributed by atoms with van der Waals surface area (Å²) in [6, 6.07) is 4.18. The average molecular weight is 302 g/mol. The minimum atomic E-state index is 0.228. The zero-order valence-electron chi connectivity index (χ0n) is 13.2. The summed E-state index contributed by atoms with van der Waals surface area (Å²) >= 11 is 0. The van der Waals surface area contributed by atoms with Gasteiger partial charge >= 0.3 is 0 Å². The summed E-state index contributed by atoms with van der Waals surface area (Å²) in [5.74, 6) is 1.45. The van der Waals surface area contributed by atoms with Crippen molar-refractivity contribution in [2.45, 2.75) is 25.8 Å². The zero-order valence-corrected chi connectivity index (χ0v) is 13.2. The predicted octanol–water partition coefficient (Wildman–Crippen LogP) is 2.35. The van der Waals surface area contributed by atoms with E-state index >= 15 is 0 Å². The fourth-order valence-corrected chi connectivity index (χ4v) is 4.11. The van der Waals surface area contributed by atoms with Gasteiger partial charge in [-0.05, 0) is 30.4 Å². The van der Waals surface area contributed by atoms with Crippen molar-refractivity contribution in [1.82, 2.24) is 9.88 Å². The van der Waals surface area contributed by atoms with Crippen LogP contribution in [0.4, 0.5) is 0 Å². The Morgan fingerprint density at radius 2 is 2.36 bits per heavy atom. The van der Waals surface area contributed by atoms with Crippen LogP contribution in [0.2, 0.25) is 0 Å². The van der Waals surface area contributed by atoms with Crippen LogP contribution in [0.1, 0.15) is 24.8 Å². The first-order valence-electron chi connectivity index (χ1n) is 8.61. The van der Waals surface area contributed by atoms with E-state index in [1.165, 1.54) is 24.8 Å². The van der Waals surface area contributed by atoms with Crippen LogP contribution in [0, 0.1) is 17.3 Å². The molecule has 4 heteroatoms. The van der Waals surface area contributed by atoms with Gasteiger partial charge in [0.1, 0.15) is 0 Å². The van der Waals surface area contributed by atoms with Gasteiger partial charge in [0.25, 0.3) is 0 Å². The molecule has 0 aromatic carbocycles. The van der Waals surface area contributed by atoms with Crippen molar-refractivity contribution in [2.24, 2.45) is 17.3 Å². The summed E-state index contributed by atoms with van der Waals surface area (Å²) in [6.07, 6.45) is 7.93. The van der Waals surface area contributed by atoms with Crippen LogP contribution >= 0.6 is 0 Å². The molecule has 4 rings (SSSR count). The van der Waals surface area contributed by atoms with Crippen LogP contribution < -0.4 is 0 Å². The Morgan fingerprint density at radius 3 is 3.14 bits per heavy atom. The lowest BCUT2D eigenvalue weighted by atomic mass is 9.81. The molecule has 0 N–H and O–H groups in total. The summed E-state index contributed by atoms with van der Waals surface area (Å²) in [4.78, 5) is 6.78. The molecule has 1 aromatic heterocycles. The van der Waals surface area contributed by atoms with Gasteiger partial charge < -0.3 is 9.47 Å². The zero-order chi connectivity index (χ0) is 14.8. The normalized spacial score (nSPS) is 32.1. The summed E-state index contributed by atoms with van der Waals surface area (Å²) < 4.78 is 11.9. The van der Waals surface area contributed by atoms with Gasteiger partial charge in [0.2, 0.25) is 0 Å². The maximum atomic E-state index is 6.11. The van der Waals surface area contributed by atoms with E-state index in [9.17, 15) is 0 Å². The molecule has 0 bridgehead atoms. The van der Waals surface area contributed by atoms with E-state index in [2.05, 4.69) is 16.0 Å². The summed E-state index contributed by atoms with van der Waals surface area (Å²) in [7, 11) is 0. The van der Waals surface area contributed by atoms with Crippen LogP contribution in [0.25, 0.3) is 0 Å². The van der Waals surface area contributed by atoms with Crippen molar-refractivity contribution in [3.8, 4) is 0 Å². The van der Waals surface area contributed by atoms with Gasteiger partial charge in [0, 0.05) is 50.0 Å². The molecule has 3 aliphatic rings. The van der Waals surface area contributed by atoms with E-state index in [4.69, 9.17) is 9.47 Å². The van der Waals surface area contributed by atoms with Gasteiger partial charge in [-0.15, -0.1) is 0 Å². The molecule has 0 spiro atoms. The lowest BCUT2D eigenvalue weighted by Gasteiger charge is -2.30. The smallest absolute Gasteiger partial charge is 0.0561 e. The molecule has 2 aliphatic heterocycles. The number of aromatic nitrogens is 1. The summed E-state index contributed by atoms with van der Waals surface area (Å²) in [5, 5.41) is 0. The van der Waals surface area contributed by atoms with Crippen LogP contribution in [-0.4, -0.2) is 49.4 Å². The number of likely N-dealkylation sites (tertiary alicyclic amines) is 1. The second-order valence-electron chi connectivity index (χ2n) is 7.42. The lowest BCUT2D eigenvalue weighted by molar-refractivity contribution is -0.000857. The van der Waals surface area contributed by atoms with Gasteiger partial charge in [-0.25, -0.2) is 0 Å². The average Bonchev–Trinajstić information content (AvgIpc) is 2.99. The first kappa shape index (κ1) is 14.6. The van der Waals surface area contributed by atoms with E-state index in [1.807, 2.05) is 18.5 Å². The third-order valence-corrected chi connectivity index (χ3v) is 5.69. The molecule has 0 amide bonds. The molecule has 2 saturated heterocycles. The second kappa shape index (κ2) is 6.26. The molecular formula is C18H26N2O2. The Kier molecular flexibility index (Phi) is 4.16. The third-order valence-electron chi connectivity index (χ3n) is 5.69. The van der Waals surface area contributed by atoms with Gasteiger partial charge in [-0.3, -0.25) is 9.88 Å². The molecule has 4 nitrogen and oxygen atoms in total. The summed E-state index contributed by atoms with van der Waals surface area (Å²) in [5.41, 5.74) is 1.53. The molecule has 120 valence electrons. The highest BCUT2D eigenvalue weighted by atomic mass is 16.5. The third kappa shape index (κ3) is 2.92. The Labute approximate surface area is 132 Å². The van der Waals surface area contributed by atoms with Crippen molar-refractivity contribution in [2.75, 3.05) is 39.5 Å². The first-order valence-corrected chi connectivity index (χ1v) is 8.61. The van der Waals surface area contributed by atoms with Crippen molar-refractivity contribution < 1.29 is 9.47 Å². The largest absolute Gasteiger partial charge is 0.380 e. The van der Waals surface area contributed by atoms with Gasteiger partial charge in [-0.1, -0.05) is 12.5 Å². The highest BCUT2D eigenvalue weighted by Gasteiger charge is 2.50. The van der Waals surface area contributed by atoms with E-state index in [1.54, 1.807) is 0 Å². The Bertz CT molecular complexity index is 491. The Balaban J connectivity index is 1.34. The van der Waals surface area contributed by atoms with E-state index < -0.39 is 0 Å². The molecule has 1 aliphatic carbocycles. The number of nitrogens with zero attached hydrogens (tertiary/aromatic N) is 2. The van der Waals surface area contributed by atoms with Crippen molar-refractivity contribution in [1.29, 1.82) is 0 Å². The molecular weight excluding hydrogens is 276 g/mol. The quantitative estimate of drug-likeness (QED) is 0.808. The van der Waals surface area contributed by atoms with E-state index in [0.29, 0.717) is 5.92 Å². The lowest BCUT2D eigenvalue weighted by Crippen LogP contribution is -2.36. The molecule has 22 heavy (non-hydrogen) atoms. The molecule has 1 aromatic rings. The number of rotatable bonds is 6. The highest BCUT2D eigenvalue weighted by Crippen LogP contribution is 2.42. The second-order valence-corrected chi connectivity index (χ2v) is 7.42. The van der Waals surface area contributed by atoms with Crippen LogP contribution in [-0.2, 0) is 16.0 Å². The van der Waals surface area contributed by atoms with Crippen molar-refractivity contribution >= 4 is 0 Å². The minimum absolute atomic E-state index is 0.228. The molecule has 3 heterocycles. The monoisotopic (exact) mass is 302 g/mol. The molecule has 1 saturated carbocycles. The number of pyridine rings is 1. The maximum Gasteiger partial charge on any atom is 0.0561 e. The first-order chi connectivity index (χ1) is 10.8. The molecule has 2 atom stereocenters. The van der Waals surface area contributed by atoms with E-state index in [0.717, 1.165) is 52.0 Å². The minimum Gasteiger partial charge on any atom is -0.380 e. The standard InChI is InChI=1S/C18H26N2O2/c1-3-15(4-1)10-21-13-18-12-20(9-17(18)11-22-14-18)8-16-5-2-6-19-7-16/h2,5-7,15,17H,1,3-4,8-14H2/t17-,18-/m0/s1. The Hall–Kier alpha value is -0.970. The topological polar surface area (TPSA) is 34.6 Å². The number of fused-ring (bicyclic) bond motifs is 1. The molecule has 3 fully saturated rings. The summed E-state index contributed by atoms with van der Waals surface area (Å²) in [6.45, 7) is 6.81. The Morgan fingerprint density at radius 1 is 1.41 bits per heavy atom. The number of hydrogen-bond donors (Lipinski definition) is 0. The molecule has 0 radical (unpaired) electrons. The SMILES string of the molecule is c1cncc(CN2C[C@H]3COC[C@@]3(COCC3CCC3)C2)c1. The van der Waals surface area contributed by atoms with Crippen molar-refractivity contribution in [3.05, 3.63) is 30.1 Å². The van der Waals surface area contributed by atoms with Crippen molar-refractivity contribution in [3.63, 3.8) is 0 Å². The fourth-order valence-electron chi connectivity index (χ4n) is 4.11. The maximum absolute atomic E-state index is 6.11. The fraction of sp³-hybridized carbons (Fsp3) is 0.722.